The highest BCUT2D eigenvalue weighted by molar-refractivity contribution is 7.13. The van der Waals surface area contributed by atoms with Crippen LogP contribution >= 0.6 is 11.3 Å². The van der Waals surface area contributed by atoms with E-state index >= 15 is 0 Å². The van der Waals surface area contributed by atoms with Gasteiger partial charge in [0.05, 0.1) is 16.1 Å². The van der Waals surface area contributed by atoms with Crippen LogP contribution in [-0.4, -0.2) is 4.98 Å². The lowest BCUT2D eigenvalue weighted by atomic mass is 10.2. The van der Waals surface area contributed by atoms with Crippen molar-refractivity contribution in [2.75, 3.05) is 0 Å². The summed E-state index contributed by atoms with van der Waals surface area (Å²) in [5.74, 6) is -1.10. The normalized spacial score (nSPS) is 11.1. The van der Waals surface area contributed by atoms with Crippen LogP contribution < -0.4 is 0 Å². The summed E-state index contributed by atoms with van der Waals surface area (Å²) in [7, 11) is 0. The lowest BCUT2D eigenvalue weighted by molar-refractivity contribution is 0.592. The van der Waals surface area contributed by atoms with E-state index in [0.29, 0.717) is 10.9 Å². The van der Waals surface area contributed by atoms with Gasteiger partial charge in [-0.3, -0.25) is 0 Å². The molecular weight excluding hydrogens is 228 g/mol. The van der Waals surface area contributed by atoms with Gasteiger partial charge in [0.1, 0.15) is 11.6 Å². The van der Waals surface area contributed by atoms with Gasteiger partial charge in [-0.2, -0.15) is 0 Å². The Kier molecular flexibility index (Phi) is 2.04. The quantitative estimate of drug-likeness (QED) is 0.651. The van der Waals surface area contributed by atoms with E-state index in [1.807, 2.05) is 17.5 Å². The second-order valence-corrected chi connectivity index (χ2v) is 4.46. The van der Waals surface area contributed by atoms with Crippen LogP contribution in [0.15, 0.2) is 35.7 Å². The monoisotopic (exact) mass is 235 g/mol. The zero-order valence-electron chi connectivity index (χ0n) is 8.13. The van der Waals surface area contributed by atoms with Gasteiger partial charge < -0.3 is 4.98 Å². The van der Waals surface area contributed by atoms with Crippen LogP contribution in [-0.2, 0) is 0 Å². The maximum absolute atomic E-state index is 13.4. The van der Waals surface area contributed by atoms with Crippen LogP contribution in [0.25, 0.3) is 21.5 Å². The zero-order chi connectivity index (χ0) is 11.1. The molecule has 0 spiro atoms. The fourth-order valence-corrected chi connectivity index (χ4v) is 2.42. The molecule has 3 rings (SSSR count). The van der Waals surface area contributed by atoms with Crippen molar-refractivity contribution in [1.82, 2.24) is 4.98 Å². The Morgan fingerprint density at radius 2 is 2.00 bits per heavy atom. The summed E-state index contributed by atoms with van der Waals surface area (Å²) < 4.78 is 26.4. The first-order chi connectivity index (χ1) is 7.74. The number of halogens is 2. The minimum atomic E-state index is -0.565. The molecule has 0 aliphatic heterocycles. The molecule has 3 aromatic rings. The van der Waals surface area contributed by atoms with E-state index in [2.05, 4.69) is 4.98 Å². The molecule has 0 saturated carbocycles. The van der Waals surface area contributed by atoms with Crippen molar-refractivity contribution >= 4 is 22.2 Å². The highest BCUT2D eigenvalue weighted by atomic mass is 32.1. The molecule has 2 heterocycles. The number of aromatic amines is 1. The second kappa shape index (κ2) is 3.42. The Bertz CT molecular complexity index is 640. The van der Waals surface area contributed by atoms with E-state index in [-0.39, 0.29) is 0 Å². The van der Waals surface area contributed by atoms with Gasteiger partial charge in [-0.15, -0.1) is 11.3 Å². The maximum atomic E-state index is 13.4. The van der Waals surface area contributed by atoms with Crippen molar-refractivity contribution < 1.29 is 8.78 Å². The number of fused-ring (bicyclic) bond motifs is 1. The van der Waals surface area contributed by atoms with Crippen LogP contribution in [0.5, 0.6) is 0 Å². The van der Waals surface area contributed by atoms with Crippen molar-refractivity contribution in [1.29, 1.82) is 0 Å². The largest absolute Gasteiger partial charge is 0.354 e. The Morgan fingerprint density at radius 3 is 2.75 bits per heavy atom. The predicted octanol–water partition coefficient (Wildman–Crippen LogP) is 4.17. The molecule has 0 atom stereocenters. The number of hydrogen-bond acceptors (Lipinski definition) is 1. The molecule has 0 aliphatic carbocycles. The molecule has 0 unspecified atom stereocenters. The number of aromatic nitrogens is 1. The smallest absolute Gasteiger partial charge is 0.135 e. The van der Waals surface area contributed by atoms with Crippen molar-refractivity contribution in [2.45, 2.75) is 0 Å². The van der Waals surface area contributed by atoms with E-state index in [1.54, 1.807) is 17.4 Å². The highest BCUT2D eigenvalue weighted by Gasteiger charge is 2.09. The molecule has 2 aromatic heterocycles. The number of benzene rings is 1. The van der Waals surface area contributed by atoms with Gasteiger partial charge in [0.25, 0.3) is 0 Å². The van der Waals surface area contributed by atoms with E-state index < -0.39 is 11.6 Å². The molecule has 1 nitrogen and oxygen atoms in total. The van der Waals surface area contributed by atoms with Crippen molar-refractivity contribution in [2.24, 2.45) is 0 Å². The lowest BCUT2D eigenvalue weighted by Crippen LogP contribution is -1.79. The van der Waals surface area contributed by atoms with Gasteiger partial charge in [0, 0.05) is 11.5 Å². The van der Waals surface area contributed by atoms with E-state index in [9.17, 15) is 8.78 Å². The number of rotatable bonds is 1. The van der Waals surface area contributed by atoms with Crippen LogP contribution in [0, 0.1) is 11.6 Å². The fraction of sp³-hybridized carbons (Fsp3) is 0. The summed E-state index contributed by atoms with van der Waals surface area (Å²) in [6, 6.07) is 7.76. The number of nitrogens with one attached hydrogen (secondary N) is 1. The Morgan fingerprint density at radius 1 is 1.12 bits per heavy atom. The minimum Gasteiger partial charge on any atom is -0.354 e. The Balaban J connectivity index is 2.27. The van der Waals surface area contributed by atoms with Crippen LogP contribution in [0.3, 0.4) is 0 Å². The van der Waals surface area contributed by atoms with Gasteiger partial charge in [-0.1, -0.05) is 6.07 Å². The summed E-state index contributed by atoms with van der Waals surface area (Å²) >= 11 is 1.55. The third-order valence-electron chi connectivity index (χ3n) is 2.44. The predicted molar refractivity (Wildman–Crippen MR) is 61.5 cm³/mol. The summed E-state index contributed by atoms with van der Waals surface area (Å²) in [6.07, 6.45) is 0. The lowest BCUT2D eigenvalue weighted by Gasteiger charge is -1.92. The summed E-state index contributed by atoms with van der Waals surface area (Å²) in [6.45, 7) is 0. The molecule has 0 bridgehead atoms. The van der Waals surface area contributed by atoms with Gasteiger partial charge in [-0.05, 0) is 23.6 Å². The van der Waals surface area contributed by atoms with Gasteiger partial charge in [0.2, 0.25) is 0 Å². The average Bonchev–Trinajstić information content (AvgIpc) is 2.82. The van der Waals surface area contributed by atoms with Crippen molar-refractivity contribution in [3.8, 4) is 10.6 Å². The third-order valence-corrected chi connectivity index (χ3v) is 3.34. The average molecular weight is 235 g/mol. The molecule has 0 saturated heterocycles. The minimum absolute atomic E-state index is 0.421. The number of thiophene rings is 1. The highest BCUT2D eigenvalue weighted by Crippen LogP contribution is 2.29. The molecule has 16 heavy (non-hydrogen) atoms. The first-order valence-electron chi connectivity index (χ1n) is 4.76. The molecular formula is C12H7F2NS. The van der Waals surface area contributed by atoms with Crippen LogP contribution in [0.1, 0.15) is 0 Å². The van der Waals surface area contributed by atoms with Crippen LogP contribution in [0.2, 0.25) is 0 Å². The van der Waals surface area contributed by atoms with Gasteiger partial charge >= 0.3 is 0 Å². The molecule has 80 valence electrons. The number of H-pyrrole nitrogens is 1. The molecule has 0 radical (unpaired) electrons. The summed E-state index contributed by atoms with van der Waals surface area (Å²) in [4.78, 5) is 4.02. The van der Waals surface area contributed by atoms with E-state index in [1.165, 1.54) is 6.07 Å². The Labute approximate surface area is 94.4 Å². The first kappa shape index (κ1) is 9.54. The van der Waals surface area contributed by atoms with Gasteiger partial charge in [0.15, 0.2) is 0 Å². The second-order valence-electron chi connectivity index (χ2n) is 3.51. The molecule has 0 fully saturated rings. The summed E-state index contributed by atoms with van der Waals surface area (Å²) in [5.41, 5.74) is 1.30. The summed E-state index contributed by atoms with van der Waals surface area (Å²) in [5, 5.41) is 2.36. The Hall–Kier alpha value is -1.68. The SMILES string of the molecule is Fc1cc(F)c2cc(-c3cccs3)[nH]c2c1. The fourth-order valence-electron chi connectivity index (χ4n) is 1.72. The van der Waals surface area contributed by atoms with Crippen molar-refractivity contribution in [3.05, 3.63) is 47.3 Å². The van der Waals surface area contributed by atoms with Gasteiger partial charge in [-0.25, -0.2) is 8.78 Å². The van der Waals surface area contributed by atoms with Crippen LogP contribution in [0.4, 0.5) is 8.78 Å². The van der Waals surface area contributed by atoms with Crippen molar-refractivity contribution in [3.63, 3.8) is 0 Å². The first-order valence-corrected chi connectivity index (χ1v) is 5.63. The number of hydrogen-bond donors (Lipinski definition) is 1. The maximum Gasteiger partial charge on any atom is 0.135 e. The standard InChI is InChI=1S/C12H7F2NS/c13-7-4-9(14)8-6-11(15-10(8)5-7)12-2-1-3-16-12/h1-6,15H. The molecule has 1 aromatic carbocycles. The molecule has 0 amide bonds. The molecule has 1 N–H and O–H groups in total. The van der Waals surface area contributed by atoms with E-state index in [4.69, 9.17) is 0 Å². The molecule has 0 aliphatic rings. The molecule has 4 heteroatoms. The van der Waals surface area contributed by atoms with E-state index in [0.717, 1.165) is 16.6 Å². The topological polar surface area (TPSA) is 15.8 Å². The zero-order valence-corrected chi connectivity index (χ0v) is 8.94. The third kappa shape index (κ3) is 1.42.